The van der Waals surface area contributed by atoms with Gasteiger partial charge in [0, 0.05) is 31.4 Å². The van der Waals surface area contributed by atoms with Gasteiger partial charge in [-0.05, 0) is 42.9 Å². The third-order valence-electron chi connectivity index (χ3n) is 5.51. The Bertz CT molecular complexity index is 778. The average molecular weight is 349 g/mol. The minimum absolute atomic E-state index is 0.0436. The molecule has 2 bridgehead atoms. The predicted molar refractivity (Wildman–Crippen MR) is 98.5 cm³/mol. The molecule has 2 aliphatic rings. The number of nitrogens with one attached hydrogen (secondary N) is 1. The summed E-state index contributed by atoms with van der Waals surface area (Å²) in [6.45, 7) is 0.831. The van der Waals surface area contributed by atoms with E-state index in [4.69, 9.17) is 0 Å². The fourth-order valence-corrected chi connectivity index (χ4v) is 4.26. The molecule has 3 unspecified atom stereocenters. The van der Waals surface area contributed by atoms with E-state index >= 15 is 0 Å². The lowest BCUT2D eigenvalue weighted by Gasteiger charge is -2.34. The van der Waals surface area contributed by atoms with Crippen molar-refractivity contribution in [3.05, 3.63) is 66.0 Å². The van der Waals surface area contributed by atoms with Crippen molar-refractivity contribution in [2.75, 3.05) is 6.54 Å². The molecule has 2 amide bonds. The summed E-state index contributed by atoms with van der Waals surface area (Å²) in [4.78, 5) is 31.1. The molecular weight excluding hydrogens is 326 g/mol. The number of carbonyl (C=O) groups is 2. The summed E-state index contributed by atoms with van der Waals surface area (Å²) in [7, 11) is 0. The first-order chi connectivity index (χ1) is 12.7. The van der Waals surface area contributed by atoms with Crippen LogP contribution in [0.15, 0.2) is 54.9 Å². The van der Waals surface area contributed by atoms with Gasteiger partial charge < -0.3 is 10.2 Å². The van der Waals surface area contributed by atoms with Crippen molar-refractivity contribution in [3.8, 4) is 0 Å². The van der Waals surface area contributed by atoms with E-state index in [9.17, 15) is 9.59 Å². The smallest absolute Gasteiger partial charge is 0.253 e. The number of piperidine rings is 1. The van der Waals surface area contributed by atoms with Crippen molar-refractivity contribution in [1.29, 1.82) is 0 Å². The Morgan fingerprint density at radius 2 is 1.96 bits per heavy atom. The molecule has 26 heavy (non-hydrogen) atoms. The molecule has 1 aliphatic heterocycles. The molecule has 2 heterocycles. The highest BCUT2D eigenvalue weighted by atomic mass is 16.2. The molecule has 134 valence electrons. The predicted octanol–water partition coefficient (Wildman–Crippen LogP) is 2.43. The maximum Gasteiger partial charge on any atom is 0.253 e. The monoisotopic (exact) mass is 349 g/mol. The van der Waals surface area contributed by atoms with Gasteiger partial charge in [-0.1, -0.05) is 30.3 Å². The summed E-state index contributed by atoms with van der Waals surface area (Å²) >= 11 is 0. The number of likely N-dealkylation sites (tertiary alicyclic amines) is 1. The molecule has 2 aromatic rings. The van der Waals surface area contributed by atoms with Crippen molar-refractivity contribution in [2.24, 2.45) is 5.92 Å². The minimum atomic E-state index is -0.104. The van der Waals surface area contributed by atoms with Gasteiger partial charge in [0.15, 0.2) is 0 Å². The summed E-state index contributed by atoms with van der Waals surface area (Å²) in [5, 5.41) is 3.11. The topological polar surface area (TPSA) is 62.3 Å². The quantitative estimate of drug-likeness (QED) is 0.902. The van der Waals surface area contributed by atoms with Gasteiger partial charge in [0.25, 0.3) is 5.91 Å². The second-order valence-corrected chi connectivity index (χ2v) is 7.26. The van der Waals surface area contributed by atoms with Crippen LogP contribution in [0.25, 0.3) is 0 Å². The molecular formula is C21H23N3O2. The van der Waals surface area contributed by atoms with E-state index in [0.29, 0.717) is 17.9 Å². The lowest BCUT2D eigenvalue weighted by molar-refractivity contribution is -0.133. The number of hydrogen-bond donors (Lipinski definition) is 1. The van der Waals surface area contributed by atoms with Gasteiger partial charge in [0.2, 0.25) is 5.91 Å². The molecule has 4 rings (SSSR count). The van der Waals surface area contributed by atoms with Gasteiger partial charge >= 0.3 is 0 Å². The SMILES string of the molecule is O=C(NC1CC2CC1N(C(=O)CCc1ccccc1)C2)c1cccnc1. The Hall–Kier alpha value is -2.69. The van der Waals surface area contributed by atoms with Gasteiger partial charge in [-0.15, -0.1) is 0 Å². The fraction of sp³-hybridized carbons (Fsp3) is 0.381. The number of rotatable bonds is 5. The molecule has 5 nitrogen and oxygen atoms in total. The van der Waals surface area contributed by atoms with E-state index < -0.39 is 0 Å². The van der Waals surface area contributed by atoms with Crippen LogP contribution >= 0.6 is 0 Å². The van der Waals surface area contributed by atoms with E-state index in [1.54, 1.807) is 24.5 Å². The number of aromatic nitrogens is 1. The summed E-state index contributed by atoms with van der Waals surface area (Å²) in [5.74, 6) is 0.592. The molecule has 5 heteroatoms. The third kappa shape index (κ3) is 3.47. The summed E-state index contributed by atoms with van der Waals surface area (Å²) in [6, 6.07) is 13.8. The van der Waals surface area contributed by atoms with Gasteiger partial charge in [-0.2, -0.15) is 0 Å². The van der Waals surface area contributed by atoms with Gasteiger partial charge in [-0.3, -0.25) is 14.6 Å². The first-order valence-electron chi connectivity index (χ1n) is 9.25. The standard InChI is InChI=1S/C21H23N3O2/c25-20(9-8-15-5-2-1-3-6-15)24-14-16-11-18(19(24)12-16)23-21(26)17-7-4-10-22-13-17/h1-7,10,13,16,18-19H,8-9,11-12,14H2,(H,23,26). The lowest BCUT2D eigenvalue weighted by atomic mass is 10.0. The normalized spacial score (nSPS) is 23.8. The molecule has 1 aliphatic carbocycles. The number of carbonyl (C=O) groups excluding carboxylic acids is 2. The average Bonchev–Trinajstić information content (AvgIpc) is 3.28. The number of amides is 2. The highest BCUT2D eigenvalue weighted by Crippen LogP contribution is 2.38. The number of nitrogens with zero attached hydrogens (tertiary/aromatic N) is 2. The largest absolute Gasteiger partial charge is 0.347 e. The maximum atomic E-state index is 12.7. The Kier molecular flexibility index (Phi) is 4.69. The van der Waals surface area contributed by atoms with Crippen LogP contribution in [0.1, 0.15) is 35.2 Å². The number of benzene rings is 1. The number of pyridine rings is 1. The Morgan fingerprint density at radius 3 is 2.69 bits per heavy atom. The van der Waals surface area contributed by atoms with Crippen molar-refractivity contribution < 1.29 is 9.59 Å². The van der Waals surface area contributed by atoms with Crippen LogP contribution in [0.4, 0.5) is 0 Å². The lowest BCUT2D eigenvalue weighted by Crippen LogP contribution is -2.52. The van der Waals surface area contributed by atoms with Crippen LogP contribution in [-0.4, -0.2) is 40.3 Å². The van der Waals surface area contributed by atoms with Gasteiger partial charge in [0.1, 0.15) is 0 Å². The second kappa shape index (κ2) is 7.28. The molecule has 2 fully saturated rings. The zero-order chi connectivity index (χ0) is 17.9. The van der Waals surface area contributed by atoms with E-state index in [2.05, 4.69) is 22.4 Å². The minimum Gasteiger partial charge on any atom is -0.347 e. The van der Waals surface area contributed by atoms with E-state index in [0.717, 1.165) is 25.8 Å². The fourth-order valence-electron chi connectivity index (χ4n) is 4.26. The van der Waals surface area contributed by atoms with Crippen LogP contribution in [0.2, 0.25) is 0 Å². The summed E-state index contributed by atoms with van der Waals surface area (Å²) in [5.41, 5.74) is 1.75. The zero-order valence-corrected chi connectivity index (χ0v) is 14.7. The molecule has 3 atom stereocenters. The van der Waals surface area contributed by atoms with Gasteiger partial charge in [0.05, 0.1) is 11.6 Å². The van der Waals surface area contributed by atoms with Crippen molar-refractivity contribution >= 4 is 11.8 Å². The first-order valence-corrected chi connectivity index (χ1v) is 9.25. The van der Waals surface area contributed by atoms with E-state index in [1.807, 2.05) is 23.1 Å². The molecule has 0 spiro atoms. The van der Waals surface area contributed by atoms with Crippen LogP contribution in [0, 0.1) is 5.92 Å². The number of aryl methyl sites for hydroxylation is 1. The molecule has 1 aromatic heterocycles. The number of hydrogen-bond acceptors (Lipinski definition) is 3. The molecule has 1 aromatic carbocycles. The molecule has 1 saturated carbocycles. The van der Waals surface area contributed by atoms with Crippen molar-refractivity contribution in [1.82, 2.24) is 15.2 Å². The van der Waals surface area contributed by atoms with Crippen LogP contribution in [0.3, 0.4) is 0 Å². The highest BCUT2D eigenvalue weighted by Gasteiger charge is 2.47. The van der Waals surface area contributed by atoms with E-state index in [1.165, 1.54) is 5.56 Å². The third-order valence-corrected chi connectivity index (χ3v) is 5.51. The maximum absolute atomic E-state index is 12.7. The summed E-state index contributed by atoms with van der Waals surface area (Å²) < 4.78 is 0. The first kappa shape index (κ1) is 16.8. The Balaban J connectivity index is 1.36. The van der Waals surface area contributed by atoms with Crippen LogP contribution in [-0.2, 0) is 11.2 Å². The van der Waals surface area contributed by atoms with Crippen molar-refractivity contribution in [3.63, 3.8) is 0 Å². The number of fused-ring (bicyclic) bond motifs is 2. The zero-order valence-electron chi connectivity index (χ0n) is 14.7. The Morgan fingerprint density at radius 1 is 1.12 bits per heavy atom. The molecule has 1 N–H and O–H groups in total. The summed E-state index contributed by atoms with van der Waals surface area (Å²) in [6.07, 6.45) is 6.47. The van der Waals surface area contributed by atoms with Gasteiger partial charge in [-0.25, -0.2) is 0 Å². The highest BCUT2D eigenvalue weighted by molar-refractivity contribution is 5.94. The van der Waals surface area contributed by atoms with Crippen LogP contribution < -0.4 is 5.32 Å². The van der Waals surface area contributed by atoms with Crippen molar-refractivity contribution in [2.45, 2.75) is 37.8 Å². The van der Waals surface area contributed by atoms with Crippen LogP contribution in [0.5, 0.6) is 0 Å². The van der Waals surface area contributed by atoms with E-state index in [-0.39, 0.29) is 23.9 Å². The molecule has 0 radical (unpaired) electrons. The Labute approximate surface area is 153 Å². The molecule has 1 saturated heterocycles. The second-order valence-electron chi connectivity index (χ2n) is 7.26.